The van der Waals surface area contributed by atoms with Crippen molar-refractivity contribution in [1.29, 1.82) is 0 Å². The number of urea groups is 1. The van der Waals surface area contributed by atoms with Gasteiger partial charge in [0.25, 0.3) is 5.91 Å². The number of benzene rings is 1. The fourth-order valence-electron chi connectivity index (χ4n) is 6.06. The van der Waals surface area contributed by atoms with Gasteiger partial charge in [-0.3, -0.25) is 14.5 Å². The number of halogens is 1. The van der Waals surface area contributed by atoms with Crippen LogP contribution >= 0.6 is 11.3 Å². The monoisotopic (exact) mass is 566 g/mol. The van der Waals surface area contributed by atoms with Crippen molar-refractivity contribution in [2.24, 2.45) is 0 Å². The lowest BCUT2D eigenvalue weighted by molar-refractivity contribution is -0.142. The molecule has 2 bridgehead atoms. The Morgan fingerprint density at radius 2 is 1.80 bits per heavy atom. The first-order valence-corrected chi connectivity index (χ1v) is 13.8. The standard InChI is InChI=1S/C27H27FN6O5S/c1-27(15-3-5-16(28)6-4-15)25(37)32(26(38)29-27)14-23(35)34-17-7-8-18(34)12-19(11-17)33-13-20(30-31-33)21-9-10-22(40-21)24(36)39-2/h3-6,9-10,13,17-19H,7-8,11-12,14H2,1-2H3,(H,29,38). The quantitative estimate of drug-likeness (QED) is 0.359. The molecule has 208 valence electrons. The molecule has 2 aromatic heterocycles. The van der Waals surface area contributed by atoms with Gasteiger partial charge in [-0.25, -0.2) is 18.7 Å². The molecule has 0 spiro atoms. The molecule has 4 amide bonds. The van der Waals surface area contributed by atoms with Gasteiger partial charge >= 0.3 is 12.0 Å². The predicted molar refractivity (Wildman–Crippen MR) is 141 cm³/mol. The second kappa shape index (κ2) is 9.81. The predicted octanol–water partition coefficient (Wildman–Crippen LogP) is 3.09. The van der Waals surface area contributed by atoms with Crippen LogP contribution in [0.15, 0.2) is 42.6 Å². The number of fused-ring (bicyclic) bond motifs is 2. The molecule has 6 rings (SSSR count). The number of carbonyl (C=O) groups excluding carboxylic acids is 4. The normalized spacial score (nSPS) is 25.8. The zero-order valence-electron chi connectivity index (χ0n) is 21.9. The van der Waals surface area contributed by atoms with E-state index in [0.29, 0.717) is 29.0 Å². The minimum Gasteiger partial charge on any atom is -0.465 e. The molecule has 0 aliphatic carbocycles. The molecule has 3 aliphatic rings. The molecule has 3 saturated heterocycles. The molecule has 40 heavy (non-hydrogen) atoms. The maximum atomic E-state index is 13.4. The lowest BCUT2D eigenvalue weighted by Gasteiger charge is -2.39. The third-order valence-corrected chi connectivity index (χ3v) is 9.20. The summed E-state index contributed by atoms with van der Waals surface area (Å²) in [7, 11) is 1.34. The van der Waals surface area contributed by atoms with Crippen LogP contribution in [0.3, 0.4) is 0 Å². The Labute approximate surface area is 232 Å². The lowest BCUT2D eigenvalue weighted by Crippen LogP contribution is -2.51. The van der Waals surface area contributed by atoms with Crippen molar-refractivity contribution in [3.8, 4) is 10.6 Å². The van der Waals surface area contributed by atoms with E-state index in [4.69, 9.17) is 4.74 Å². The fraction of sp³-hybridized carbons (Fsp3) is 0.407. The minimum absolute atomic E-state index is 0.0409. The molecule has 3 aliphatic heterocycles. The molecule has 3 aromatic rings. The summed E-state index contributed by atoms with van der Waals surface area (Å²) in [4.78, 5) is 55.3. The molecule has 11 nitrogen and oxygen atoms in total. The SMILES string of the molecule is COC(=O)c1ccc(-c2cn(C3CC4CCC(C3)N4C(=O)CN3C(=O)NC(C)(c4ccc(F)cc4)C3=O)nn2)s1. The van der Waals surface area contributed by atoms with Gasteiger partial charge in [-0.1, -0.05) is 17.3 Å². The van der Waals surface area contributed by atoms with Crippen LogP contribution in [0.2, 0.25) is 0 Å². The zero-order valence-corrected chi connectivity index (χ0v) is 22.7. The molecule has 0 radical (unpaired) electrons. The minimum atomic E-state index is -1.37. The van der Waals surface area contributed by atoms with E-state index in [2.05, 4.69) is 15.6 Å². The fourth-order valence-corrected chi connectivity index (χ4v) is 6.94. The summed E-state index contributed by atoms with van der Waals surface area (Å²) in [6, 6.07) is 8.19. The second-order valence-corrected chi connectivity index (χ2v) is 11.6. The number of amides is 4. The number of ether oxygens (including phenoxy) is 1. The van der Waals surface area contributed by atoms with Crippen molar-refractivity contribution in [3.63, 3.8) is 0 Å². The van der Waals surface area contributed by atoms with Gasteiger partial charge in [0, 0.05) is 12.1 Å². The number of esters is 1. The van der Waals surface area contributed by atoms with Gasteiger partial charge < -0.3 is 15.0 Å². The number of imide groups is 1. The Balaban J connectivity index is 1.12. The summed E-state index contributed by atoms with van der Waals surface area (Å²) in [5.74, 6) is -1.66. The summed E-state index contributed by atoms with van der Waals surface area (Å²) in [5.41, 5.74) is -0.268. The van der Waals surface area contributed by atoms with Crippen LogP contribution in [-0.2, 0) is 19.9 Å². The molecule has 5 heterocycles. The van der Waals surface area contributed by atoms with Crippen molar-refractivity contribution in [2.45, 2.75) is 56.3 Å². The van der Waals surface area contributed by atoms with Gasteiger partial charge in [0.1, 0.15) is 28.5 Å². The lowest BCUT2D eigenvalue weighted by atomic mass is 9.92. The van der Waals surface area contributed by atoms with Gasteiger partial charge in [-0.05, 0) is 62.4 Å². The maximum absolute atomic E-state index is 13.4. The Kier molecular flexibility index (Phi) is 6.40. The number of thiophene rings is 1. The number of methoxy groups -OCH3 is 1. The van der Waals surface area contributed by atoms with E-state index < -0.39 is 29.3 Å². The Hall–Kier alpha value is -4.13. The summed E-state index contributed by atoms with van der Waals surface area (Å²) >= 11 is 1.29. The van der Waals surface area contributed by atoms with E-state index in [-0.39, 0.29) is 30.6 Å². The van der Waals surface area contributed by atoms with Crippen LogP contribution in [0.4, 0.5) is 9.18 Å². The van der Waals surface area contributed by atoms with Gasteiger partial charge in [0.2, 0.25) is 5.91 Å². The first-order valence-electron chi connectivity index (χ1n) is 13.0. The van der Waals surface area contributed by atoms with E-state index in [9.17, 15) is 23.6 Å². The van der Waals surface area contributed by atoms with E-state index in [0.717, 1.165) is 22.6 Å². The first-order chi connectivity index (χ1) is 19.2. The number of nitrogens with one attached hydrogen (secondary N) is 1. The highest BCUT2D eigenvalue weighted by Crippen LogP contribution is 2.41. The first kappa shape index (κ1) is 26.1. The van der Waals surface area contributed by atoms with Crippen molar-refractivity contribution < 1.29 is 28.3 Å². The molecule has 0 saturated carbocycles. The molecular formula is C27H27FN6O5S. The van der Waals surface area contributed by atoms with E-state index in [1.165, 1.54) is 42.7 Å². The van der Waals surface area contributed by atoms with Crippen molar-refractivity contribution in [2.75, 3.05) is 13.7 Å². The summed E-state index contributed by atoms with van der Waals surface area (Å²) in [5, 5.41) is 11.3. The van der Waals surface area contributed by atoms with Crippen LogP contribution in [0, 0.1) is 5.82 Å². The number of rotatable bonds is 6. The average molecular weight is 567 g/mol. The molecular weight excluding hydrogens is 539 g/mol. The van der Waals surface area contributed by atoms with Crippen LogP contribution in [0.25, 0.3) is 10.6 Å². The van der Waals surface area contributed by atoms with Crippen LogP contribution in [0.5, 0.6) is 0 Å². The third kappa shape index (κ3) is 4.34. The summed E-state index contributed by atoms with van der Waals surface area (Å²) in [6.45, 7) is 1.20. The van der Waals surface area contributed by atoms with Crippen molar-refractivity contribution in [3.05, 3.63) is 58.9 Å². The highest BCUT2D eigenvalue weighted by Gasteiger charge is 2.51. The number of hydrogen-bond donors (Lipinski definition) is 1. The van der Waals surface area contributed by atoms with Gasteiger partial charge in [-0.2, -0.15) is 0 Å². The topological polar surface area (TPSA) is 127 Å². The third-order valence-electron chi connectivity index (χ3n) is 8.12. The Morgan fingerprint density at radius 1 is 1.10 bits per heavy atom. The number of nitrogens with zero attached hydrogens (tertiary/aromatic N) is 5. The smallest absolute Gasteiger partial charge is 0.348 e. The Morgan fingerprint density at radius 3 is 2.48 bits per heavy atom. The molecule has 3 fully saturated rings. The van der Waals surface area contributed by atoms with E-state index in [1.807, 2.05) is 21.8 Å². The van der Waals surface area contributed by atoms with Gasteiger partial charge in [0.15, 0.2) is 0 Å². The molecule has 3 atom stereocenters. The number of carbonyl (C=O) groups is 4. The van der Waals surface area contributed by atoms with Crippen molar-refractivity contribution >= 4 is 35.2 Å². The van der Waals surface area contributed by atoms with E-state index >= 15 is 0 Å². The molecule has 1 aromatic carbocycles. The largest absolute Gasteiger partial charge is 0.465 e. The molecule has 3 unspecified atom stereocenters. The summed E-state index contributed by atoms with van der Waals surface area (Å²) in [6.07, 6.45) is 4.87. The number of aromatic nitrogens is 3. The maximum Gasteiger partial charge on any atom is 0.348 e. The highest BCUT2D eigenvalue weighted by molar-refractivity contribution is 7.17. The van der Waals surface area contributed by atoms with Crippen LogP contribution in [0.1, 0.15) is 53.9 Å². The molecule has 1 N–H and O–H groups in total. The highest BCUT2D eigenvalue weighted by atomic mass is 32.1. The number of piperidine rings is 1. The van der Waals surface area contributed by atoms with Gasteiger partial charge in [0.05, 0.1) is 24.2 Å². The second-order valence-electron chi connectivity index (χ2n) is 10.5. The van der Waals surface area contributed by atoms with Crippen molar-refractivity contribution in [1.82, 2.24) is 30.1 Å². The van der Waals surface area contributed by atoms with Crippen LogP contribution in [-0.4, -0.2) is 74.3 Å². The average Bonchev–Trinajstić information content (AvgIpc) is 3.72. The molecule has 13 heteroatoms. The zero-order chi connectivity index (χ0) is 28.2. The summed E-state index contributed by atoms with van der Waals surface area (Å²) < 4.78 is 20.0. The number of hydrogen-bond acceptors (Lipinski definition) is 8. The van der Waals surface area contributed by atoms with E-state index in [1.54, 1.807) is 13.0 Å². The van der Waals surface area contributed by atoms with Gasteiger partial charge in [-0.15, -0.1) is 16.4 Å². The van der Waals surface area contributed by atoms with Crippen LogP contribution < -0.4 is 5.32 Å². The Bertz CT molecular complexity index is 1490.